The number of rotatable bonds is 5. The van der Waals surface area contributed by atoms with Crippen LogP contribution in [0.5, 0.6) is 0 Å². The van der Waals surface area contributed by atoms with Gasteiger partial charge in [-0.05, 0) is 12.1 Å². The lowest BCUT2D eigenvalue weighted by molar-refractivity contribution is -0.140. The smallest absolute Gasteiger partial charge is 0.263 e. The molecule has 3 heterocycles. The number of nitrogens with zero attached hydrogens (tertiary/aromatic N) is 4. The number of oxime groups is 1. The molecule has 1 saturated heterocycles. The van der Waals surface area contributed by atoms with Gasteiger partial charge in [-0.2, -0.15) is 0 Å². The van der Waals surface area contributed by atoms with E-state index in [-0.39, 0.29) is 12.5 Å². The number of benzene rings is 1. The topological polar surface area (TPSA) is 68.4 Å². The summed E-state index contributed by atoms with van der Waals surface area (Å²) in [5.41, 5.74) is 2.62. The second-order valence-corrected chi connectivity index (χ2v) is 7.70. The quantitative estimate of drug-likeness (QED) is 0.444. The van der Waals surface area contributed by atoms with Crippen molar-refractivity contribution in [2.24, 2.45) is 5.16 Å². The molecule has 140 valence electrons. The standard InChI is InChI=1S/C18H17BrN4O3S/c19-14-3-1-13(2-4-14)17-15(23-7-10-27-18(23)21-17)11-20-26-12-16(24)22-5-8-25-9-6-22/h1-4,7,10-11H,5-6,8-9,12H2/b20-11-. The summed E-state index contributed by atoms with van der Waals surface area (Å²) in [6.45, 7) is 2.24. The molecular weight excluding hydrogens is 432 g/mol. The van der Waals surface area contributed by atoms with Crippen LogP contribution in [0.25, 0.3) is 16.2 Å². The Labute approximate surface area is 168 Å². The summed E-state index contributed by atoms with van der Waals surface area (Å²) < 4.78 is 8.21. The number of halogens is 1. The van der Waals surface area contributed by atoms with Crippen molar-refractivity contribution in [3.8, 4) is 11.3 Å². The van der Waals surface area contributed by atoms with Crippen molar-refractivity contribution >= 4 is 44.3 Å². The summed E-state index contributed by atoms with van der Waals surface area (Å²) in [4.78, 5) is 24.6. The van der Waals surface area contributed by atoms with E-state index >= 15 is 0 Å². The first-order chi connectivity index (χ1) is 13.2. The summed E-state index contributed by atoms with van der Waals surface area (Å²) in [6, 6.07) is 7.94. The molecule has 27 heavy (non-hydrogen) atoms. The van der Waals surface area contributed by atoms with Gasteiger partial charge in [0.15, 0.2) is 11.6 Å². The van der Waals surface area contributed by atoms with E-state index in [2.05, 4.69) is 21.1 Å². The molecule has 0 saturated carbocycles. The number of ether oxygens (including phenoxy) is 1. The molecule has 1 aliphatic heterocycles. The van der Waals surface area contributed by atoms with Crippen molar-refractivity contribution in [2.45, 2.75) is 0 Å². The lowest BCUT2D eigenvalue weighted by atomic mass is 10.1. The monoisotopic (exact) mass is 448 g/mol. The summed E-state index contributed by atoms with van der Waals surface area (Å²) in [7, 11) is 0. The number of imidazole rings is 1. The van der Waals surface area contributed by atoms with E-state index in [4.69, 9.17) is 14.6 Å². The number of aromatic nitrogens is 2. The third-order valence-electron chi connectivity index (χ3n) is 4.22. The molecule has 7 nitrogen and oxygen atoms in total. The predicted octanol–water partition coefficient (Wildman–Crippen LogP) is 3.03. The second kappa shape index (κ2) is 8.20. The fourth-order valence-corrected chi connectivity index (χ4v) is 3.82. The fraction of sp³-hybridized carbons (Fsp3) is 0.278. The van der Waals surface area contributed by atoms with Crippen molar-refractivity contribution in [3.05, 3.63) is 46.0 Å². The number of carbonyl (C=O) groups is 1. The highest BCUT2D eigenvalue weighted by Gasteiger charge is 2.17. The molecule has 1 aliphatic rings. The minimum absolute atomic E-state index is 0.0856. The van der Waals surface area contributed by atoms with E-state index in [9.17, 15) is 4.79 Å². The van der Waals surface area contributed by atoms with Crippen LogP contribution in [0.4, 0.5) is 0 Å². The third kappa shape index (κ3) is 4.05. The lowest BCUT2D eigenvalue weighted by Gasteiger charge is -2.26. The highest BCUT2D eigenvalue weighted by molar-refractivity contribution is 9.10. The number of hydrogen-bond donors (Lipinski definition) is 0. The Kier molecular flexibility index (Phi) is 5.51. The SMILES string of the molecule is O=C(CO/N=C\c1c(-c2ccc(Br)cc2)nc2sccn12)N1CCOCC1. The second-order valence-electron chi connectivity index (χ2n) is 5.91. The summed E-state index contributed by atoms with van der Waals surface area (Å²) in [5.74, 6) is -0.0856. The predicted molar refractivity (Wildman–Crippen MR) is 107 cm³/mol. The van der Waals surface area contributed by atoms with E-state index in [1.54, 1.807) is 22.5 Å². The molecule has 2 aromatic heterocycles. The molecule has 0 spiro atoms. The van der Waals surface area contributed by atoms with Gasteiger partial charge < -0.3 is 14.5 Å². The summed E-state index contributed by atoms with van der Waals surface area (Å²) in [5, 5.41) is 5.98. The fourth-order valence-electron chi connectivity index (χ4n) is 2.83. The van der Waals surface area contributed by atoms with Crippen molar-refractivity contribution in [1.29, 1.82) is 0 Å². The van der Waals surface area contributed by atoms with Crippen LogP contribution >= 0.6 is 27.3 Å². The van der Waals surface area contributed by atoms with Crippen LogP contribution in [0.3, 0.4) is 0 Å². The average molecular weight is 449 g/mol. The van der Waals surface area contributed by atoms with Gasteiger partial charge in [0.05, 0.1) is 30.8 Å². The first kappa shape index (κ1) is 18.1. The molecule has 3 aromatic rings. The van der Waals surface area contributed by atoms with E-state index in [1.165, 1.54) is 0 Å². The minimum atomic E-state index is -0.0876. The Morgan fingerprint density at radius 2 is 2.11 bits per heavy atom. The number of morpholine rings is 1. The molecule has 0 N–H and O–H groups in total. The van der Waals surface area contributed by atoms with Gasteiger partial charge in [-0.1, -0.05) is 33.2 Å². The van der Waals surface area contributed by atoms with Crippen LogP contribution in [-0.2, 0) is 14.4 Å². The largest absolute Gasteiger partial charge is 0.386 e. The van der Waals surface area contributed by atoms with E-state index in [0.717, 1.165) is 26.4 Å². The van der Waals surface area contributed by atoms with Gasteiger partial charge in [-0.15, -0.1) is 11.3 Å². The van der Waals surface area contributed by atoms with Crippen LogP contribution < -0.4 is 0 Å². The van der Waals surface area contributed by atoms with Crippen LogP contribution in [0.2, 0.25) is 0 Å². The minimum Gasteiger partial charge on any atom is -0.386 e. The van der Waals surface area contributed by atoms with Gasteiger partial charge in [-0.3, -0.25) is 9.20 Å². The maximum Gasteiger partial charge on any atom is 0.263 e. The van der Waals surface area contributed by atoms with Crippen LogP contribution in [-0.4, -0.2) is 59.3 Å². The average Bonchev–Trinajstić information content (AvgIpc) is 3.28. The van der Waals surface area contributed by atoms with Crippen LogP contribution in [0.15, 0.2) is 45.5 Å². The molecule has 1 aromatic carbocycles. The van der Waals surface area contributed by atoms with E-state index in [1.807, 2.05) is 40.2 Å². The van der Waals surface area contributed by atoms with Crippen molar-refractivity contribution < 1.29 is 14.4 Å². The van der Waals surface area contributed by atoms with Crippen LogP contribution in [0, 0.1) is 0 Å². The number of hydrogen-bond acceptors (Lipinski definition) is 6. The zero-order valence-electron chi connectivity index (χ0n) is 14.4. The Hall–Kier alpha value is -2.23. The molecule has 0 atom stereocenters. The molecule has 1 amide bonds. The highest BCUT2D eigenvalue weighted by atomic mass is 79.9. The molecule has 1 fully saturated rings. The van der Waals surface area contributed by atoms with Crippen molar-refractivity contribution in [2.75, 3.05) is 32.9 Å². The molecular formula is C18H17BrN4O3S. The van der Waals surface area contributed by atoms with Gasteiger partial charge in [0.2, 0.25) is 0 Å². The Bertz CT molecular complexity index is 961. The maximum absolute atomic E-state index is 12.1. The molecule has 0 bridgehead atoms. The molecule has 4 rings (SSSR count). The van der Waals surface area contributed by atoms with E-state index in [0.29, 0.717) is 26.3 Å². The number of fused-ring (bicyclic) bond motifs is 1. The number of amides is 1. The van der Waals surface area contributed by atoms with Gasteiger partial charge in [0.25, 0.3) is 5.91 Å². The Morgan fingerprint density at radius 3 is 2.89 bits per heavy atom. The first-order valence-corrected chi connectivity index (χ1v) is 10.1. The number of carbonyl (C=O) groups excluding carboxylic acids is 1. The zero-order valence-corrected chi connectivity index (χ0v) is 16.8. The van der Waals surface area contributed by atoms with Crippen molar-refractivity contribution in [3.63, 3.8) is 0 Å². The van der Waals surface area contributed by atoms with Gasteiger partial charge in [0.1, 0.15) is 0 Å². The van der Waals surface area contributed by atoms with Crippen molar-refractivity contribution in [1.82, 2.24) is 14.3 Å². The Balaban J connectivity index is 1.50. The van der Waals surface area contributed by atoms with Gasteiger partial charge in [-0.25, -0.2) is 4.98 Å². The lowest BCUT2D eigenvalue weighted by Crippen LogP contribution is -2.42. The molecule has 0 radical (unpaired) electrons. The van der Waals surface area contributed by atoms with Gasteiger partial charge in [0, 0.05) is 34.7 Å². The summed E-state index contributed by atoms with van der Waals surface area (Å²) in [6.07, 6.45) is 3.55. The molecule has 0 unspecified atom stereocenters. The third-order valence-corrected chi connectivity index (χ3v) is 5.50. The molecule has 9 heteroatoms. The highest BCUT2D eigenvalue weighted by Crippen LogP contribution is 2.26. The zero-order chi connectivity index (χ0) is 18.6. The van der Waals surface area contributed by atoms with Gasteiger partial charge >= 0.3 is 0 Å². The molecule has 0 aliphatic carbocycles. The number of thiazole rings is 1. The first-order valence-electron chi connectivity index (χ1n) is 8.45. The van der Waals surface area contributed by atoms with E-state index < -0.39 is 0 Å². The maximum atomic E-state index is 12.1. The summed E-state index contributed by atoms with van der Waals surface area (Å²) >= 11 is 5.00. The van der Waals surface area contributed by atoms with Crippen LogP contribution in [0.1, 0.15) is 5.69 Å². The Morgan fingerprint density at radius 1 is 1.33 bits per heavy atom. The normalized spacial score (nSPS) is 14.9.